The molecule has 1 aromatic rings. The quantitative estimate of drug-likeness (QED) is 0.833. The zero-order chi connectivity index (χ0) is 11.6. The van der Waals surface area contributed by atoms with E-state index in [0.717, 1.165) is 25.0 Å². The minimum absolute atomic E-state index is 0.598. The van der Waals surface area contributed by atoms with Gasteiger partial charge >= 0.3 is 0 Å². The third kappa shape index (κ3) is 2.24. The van der Waals surface area contributed by atoms with Gasteiger partial charge in [0.05, 0.1) is 11.9 Å². The van der Waals surface area contributed by atoms with Gasteiger partial charge in [-0.1, -0.05) is 13.8 Å². The SMILES string of the molecule is CC(C)C1CCCC(O)(c2cnccn2)C1. The molecule has 2 unspecified atom stereocenters. The Kier molecular flexibility index (Phi) is 3.24. The molecule has 1 fully saturated rings. The van der Waals surface area contributed by atoms with E-state index in [1.54, 1.807) is 18.6 Å². The molecule has 0 radical (unpaired) electrons. The Morgan fingerprint density at radius 3 is 2.88 bits per heavy atom. The van der Waals surface area contributed by atoms with Crippen LogP contribution in [0.15, 0.2) is 18.6 Å². The van der Waals surface area contributed by atoms with E-state index in [0.29, 0.717) is 11.8 Å². The van der Waals surface area contributed by atoms with Crippen LogP contribution in [0.3, 0.4) is 0 Å². The van der Waals surface area contributed by atoms with Gasteiger partial charge in [-0.15, -0.1) is 0 Å². The first-order valence-electron chi connectivity index (χ1n) is 6.11. The molecule has 1 aromatic heterocycles. The Labute approximate surface area is 96.9 Å². The van der Waals surface area contributed by atoms with Crippen molar-refractivity contribution in [1.29, 1.82) is 0 Å². The summed E-state index contributed by atoms with van der Waals surface area (Å²) in [6, 6.07) is 0. The van der Waals surface area contributed by atoms with Gasteiger partial charge in [0, 0.05) is 12.4 Å². The molecule has 1 aliphatic rings. The lowest BCUT2D eigenvalue weighted by Crippen LogP contribution is -2.35. The summed E-state index contributed by atoms with van der Waals surface area (Å²) < 4.78 is 0. The lowest BCUT2D eigenvalue weighted by atomic mass is 9.72. The summed E-state index contributed by atoms with van der Waals surface area (Å²) in [7, 11) is 0. The van der Waals surface area contributed by atoms with Crippen LogP contribution in [0.25, 0.3) is 0 Å². The van der Waals surface area contributed by atoms with E-state index in [2.05, 4.69) is 23.8 Å². The normalized spacial score (nSPS) is 30.6. The summed E-state index contributed by atoms with van der Waals surface area (Å²) in [5.41, 5.74) is -0.0121. The Hall–Kier alpha value is -0.960. The maximum atomic E-state index is 10.7. The molecule has 0 bridgehead atoms. The van der Waals surface area contributed by atoms with Gasteiger partial charge in [0.15, 0.2) is 0 Å². The Morgan fingerprint density at radius 2 is 2.25 bits per heavy atom. The molecular formula is C13H20N2O. The molecule has 0 amide bonds. The number of rotatable bonds is 2. The number of hydrogen-bond acceptors (Lipinski definition) is 3. The predicted molar refractivity (Wildman–Crippen MR) is 62.7 cm³/mol. The van der Waals surface area contributed by atoms with Crippen molar-refractivity contribution in [3.05, 3.63) is 24.3 Å². The number of aliphatic hydroxyl groups is 1. The summed E-state index contributed by atoms with van der Waals surface area (Å²) >= 11 is 0. The van der Waals surface area contributed by atoms with Crippen molar-refractivity contribution in [1.82, 2.24) is 9.97 Å². The van der Waals surface area contributed by atoms with Crippen molar-refractivity contribution < 1.29 is 5.11 Å². The fourth-order valence-electron chi connectivity index (χ4n) is 2.64. The molecule has 16 heavy (non-hydrogen) atoms. The molecule has 0 saturated heterocycles. The van der Waals surface area contributed by atoms with Gasteiger partial charge in [0.1, 0.15) is 5.60 Å². The number of hydrogen-bond donors (Lipinski definition) is 1. The molecule has 1 N–H and O–H groups in total. The molecule has 2 rings (SSSR count). The molecular weight excluding hydrogens is 200 g/mol. The van der Waals surface area contributed by atoms with Crippen LogP contribution in [0, 0.1) is 11.8 Å². The molecule has 3 heteroatoms. The van der Waals surface area contributed by atoms with Crippen molar-refractivity contribution in [3.63, 3.8) is 0 Å². The van der Waals surface area contributed by atoms with Crippen LogP contribution < -0.4 is 0 Å². The van der Waals surface area contributed by atoms with Crippen LogP contribution in [0.4, 0.5) is 0 Å². The van der Waals surface area contributed by atoms with E-state index in [-0.39, 0.29) is 0 Å². The van der Waals surface area contributed by atoms with Crippen molar-refractivity contribution in [2.24, 2.45) is 11.8 Å². The summed E-state index contributed by atoms with van der Waals surface area (Å²) in [5.74, 6) is 1.23. The highest BCUT2D eigenvalue weighted by molar-refractivity contribution is 5.09. The maximum Gasteiger partial charge on any atom is 0.108 e. The number of aromatic nitrogens is 2. The van der Waals surface area contributed by atoms with Crippen molar-refractivity contribution in [2.75, 3.05) is 0 Å². The molecule has 2 atom stereocenters. The highest BCUT2D eigenvalue weighted by Crippen LogP contribution is 2.41. The van der Waals surface area contributed by atoms with E-state index < -0.39 is 5.60 Å². The standard InChI is InChI=1S/C13H20N2O/c1-10(2)11-4-3-5-13(16,8-11)12-9-14-6-7-15-12/h6-7,9-11,16H,3-5,8H2,1-2H3. The molecule has 0 spiro atoms. The van der Waals surface area contributed by atoms with Crippen molar-refractivity contribution in [2.45, 2.75) is 45.1 Å². The van der Waals surface area contributed by atoms with E-state index in [1.807, 2.05) is 0 Å². The Balaban J connectivity index is 2.19. The Morgan fingerprint density at radius 1 is 1.44 bits per heavy atom. The summed E-state index contributed by atoms with van der Waals surface area (Å²) in [6.07, 6.45) is 8.94. The monoisotopic (exact) mass is 220 g/mol. The minimum Gasteiger partial charge on any atom is -0.383 e. The van der Waals surface area contributed by atoms with Crippen LogP contribution in [-0.4, -0.2) is 15.1 Å². The topological polar surface area (TPSA) is 46.0 Å². The zero-order valence-corrected chi connectivity index (χ0v) is 10.1. The van der Waals surface area contributed by atoms with Gasteiger partial charge in [-0.2, -0.15) is 0 Å². The second-order valence-electron chi connectivity index (χ2n) is 5.22. The second-order valence-corrected chi connectivity index (χ2v) is 5.22. The largest absolute Gasteiger partial charge is 0.383 e. The molecule has 0 aromatic carbocycles. The first kappa shape index (κ1) is 11.5. The van der Waals surface area contributed by atoms with Gasteiger partial charge in [0.25, 0.3) is 0 Å². The molecule has 1 saturated carbocycles. The van der Waals surface area contributed by atoms with Gasteiger partial charge < -0.3 is 5.11 Å². The molecule has 0 aliphatic heterocycles. The van der Waals surface area contributed by atoms with Crippen LogP contribution >= 0.6 is 0 Å². The van der Waals surface area contributed by atoms with Crippen LogP contribution in [-0.2, 0) is 5.60 Å². The fourth-order valence-corrected chi connectivity index (χ4v) is 2.64. The molecule has 1 heterocycles. The number of nitrogens with zero attached hydrogens (tertiary/aromatic N) is 2. The second kappa shape index (κ2) is 4.50. The molecule has 3 nitrogen and oxygen atoms in total. The van der Waals surface area contributed by atoms with Crippen LogP contribution in [0.2, 0.25) is 0 Å². The third-order valence-corrected chi connectivity index (χ3v) is 3.75. The minimum atomic E-state index is -0.749. The maximum absolute atomic E-state index is 10.7. The zero-order valence-electron chi connectivity index (χ0n) is 10.1. The van der Waals surface area contributed by atoms with Crippen molar-refractivity contribution >= 4 is 0 Å². The average molecular weight is 220 g/mol. The molecule has 1 aliphatic carbocycles. The lowest BCUT2D eigenvalue weighted by molar-refractivity contribution is -0.0333. The van der Waals surface area contributed by atoms with E-state index in [4.69, 9.17) is 0 Å². The Bertz CT molecular complexity index is 339. The summed E-state index contributed by atoms with van der Waals surface area (Å²) in [5, 5.41) is 10.7. The van der Waals surface area contributed by atoms with E-state index in [9.17, 15) is 5.11 Å². The summed E-state index contributed by atoms with van der Waals surface area (Å²) in [4.78, 5) is 8.31. The lowest BCUT2D eigenvalue weighted by Gasteiger charge is -2.37. The average Bonchev–Trinajstić information content (AvgIpc) is 2.30. The first-order valence-corrected chi connectivity index (χ1v) is 6.11. The fraction of sp³-hybridized carbons (Fsp3) is 0.692. The van der Waals surface area contributed by atoms with E-state index in [1.165, 1.54) is 6.42 Å². The smallest absolute Gasteiger partial charge is 0.108 e. The van der Waals surface area contributed by atoms with Gasteiger partial charge in [-0.3, -0.25) is 9.97 Å². The highest BCUT2D eigenvalue weighted by Gasteiger charge is 2.37. The van der Waals surface area contributed by atoms with Crippen LogP contribution in [0.1, 0.15) is 45.2 Å². The van der Waals surface area contributed by atoms with Gasteiger partial charge in [0.2, 0.25) is 0 Å². The predicted octanol–water partition coefficient (Wildman–Crippen LogP) is 2.51. The molecule has 88 valence electrons. The van der Waals surface area contributed by atoms with Crippen LogP contribution in [0.5, 0.6) is 0 Å². The third-order valence-electron chi connectivity index (χ3n) is 3.75. The highest BCUT2D eigenvalue weighted by atomic mass is 16.3. The van der Waals surface area contributed by atoms with E-state index >= 15 is 0 Å². The summed E-state index contributed by atoms with van der Waals surface area (Å²) in [6.45, 7) is 4.46. The van der Waals surface area contributed by atoms with Crippen molar-refractivity contribution in [3.8, 4) is 0 Å². The van der Waals surface area contributed by atoms with Gasteiger partial charge in [-0.05, 0) is 37.5 Å². The first-order chi connectivity index (χ1) is 7.62. The van der Waals surface area contributed by atoms with Gasteiger partial charge in [-0.25, -0.2) is 0 Å².